The largest absolute Gasteiger partial charge is 0.370 e. The van der Waals surface area contributed by atoms with E-state index in [1.54, 1.807) is 0 Å². The molecule has 3 heterocycles. The first-order valence-electron chi connectivity index (χ1n) is 6.01. The highest BCUT2D eigenvalue weighted by atomic mass is 16.7. The van der Waals surface area contributed by atoms with Crippen LogP contribution in [0.2, 0.25) is 0 Å². The van der Waals surface area contributed by atoms with Gasteiger partial charge in [0.2, 0.25) is 0 Å². The van der Waals surface area contributed by atoms with E-state index in [0.717, 1.165) is 5.56 Å². The van der Waals surface area contributed by atoms with Gasteiger partial charge >= 0.3 is 0 Å². The lowest BCUT2D eigenvalue weighted by molar-refractivity contribution is -0.273. The molecule has 0 bridgehead atoms. The maximum absolute atomic E-state index is 5.96. The average molecular weight is 234 g/mol. The molecule has 17 heavy (non-hydrogen) atoms. The minimum absolute atomic E-state index is 0.0210. The number of fused-ring (bicyclic) bond motifs is 3. The first kappa shape index (κ1) is 10.0. The van der Waals surface area contributed by atoms with Crippen molar-refractivity contribution in [2.45, 2.75) is 30.7 Å². The number of benzene rings is 1. The minimum atomic E-state index is -0.288. The average Bonchev–Trinajstić information content (AvgIpc) is 3.19. The van der Waals surface area contributed by atoms with E-state index in [-0.39, 0.29) is 30.7 Å². The summed E-state index contributed by atoms with van der Waals surface area (Å²) in [5, 5.41) is 0. The number of epoxide rings is 1. The van der Waals surface area contributed by atoms with Crippen LogP contribution in [-0.2, 0) is 18.9 Å². The van der Waals surface area contributed by atoms with Gasteiger partial charge in [-0.25, -0.2) is 0 Å². The molecular formula is C13H14O4. The molecule has 3 unspecified atom stereocenters. The van der Waals surface area contributed by atoms with Crippen LogP contribution >= 0.6 is 0 Å². The summed E-state index contributed by atoms with van der Waals surface area (Å²) in [6.07, 6.45) is 0.213. The van der Waals surface area contributed by atoms with Gasteiger partial charge in [-0.05, 0) is 0 Å². The molecule has 3 aliphatic rings. The highest BCUT2D eigenvalue weighted by molar-refractivity contribution is 5.17. The first-order chi connectivity index (χ1) is 8.42. The fraction of sp³-hybridized carbons (Fsp3) is 0.538. The molecule has 3 aliphatic heterocycles. The number of hydrogen-bond donors (Lipinski definition) is 0. The van der Waals surface area contributed by atoms with Crippen molar-refractivity contribution < 1.29 is 18.9 Å². The monoisotopic (exact) mass is 234 g/mol. The van der Waals surface area contributed by atoms with Gasteiger partial charge in [0, 0.05) is 5.56 Å². The van der Waals surface area contributed by atoms with Crippen LogP contribution in [0.5, 0.6) is 0 Å². The van der Waals surface area contributed by atoms with Crippen LogP contribution in [0.25, 0.3) is 0 Å². The van der Waals surface area contributed by atoms with Crippen LogP contribution in [0.3, 0.4) is 0 Å². The Labute approximate surface area is 99.4 Å². The van der Waals surface area contributed by atoms with Gasteiger partial charge < -0.3 is 18.9 Å². The van der Waals surface area contributed by atoms with Gasteiger partial charge in [-0.2, -0.15) is 0 Å². The molecule has 5 atom stereocenters. The van der Waals surface area contributed by atoms with E-state index >= 15 is 0 Å². The summed E-state index contributed by atoms with van der Waals surface area (Å²) < 4.78 is 22.8. The molecule has 90 valence electrons. The zero-order valence-corrected chi connectivity index (χ0v) is 9.32. The van der Waals surface area contributed by atoms with Gasteiger partial charge in [0.05, 0.1) is 13.2 Å². The number of ether oxygens (including phenoxy) is 4. The Kier molecular flexibility index (Phi) is 2.23. The number of hydrogen-bond acceptors (Lipinski definition) is 4. The van der Waals surface area contributed by atoms with Crippen LogP contribution in [0.15, 0.2) is 30.3 Å². The highest BCUT2D eigenvalue weighted by Crippen LogP contribution is 2.40. The molecule has 3 saturated heterocycles. The standard InChI is InChI=1S/C13H14O4/c1-2-4-8(5-3-1)13-15-6-9-11(17-13)12-10(16-12)7-14-9/h1-5,9-13H,6-7H2/t9-,10?,11-,12?,13?/m1/s1. The third-order valence-electron chi connectivity index (χ3n) is 3.55. The molecule has 0 aliphatic carbocycles. The molecule has 4 nitrogen and oxygen atoms in total. The third kappa shape index (κ3) is 1.68. The molecule has 4 rings (SSSR count). The lowest BCUT2D eigenvalue weighted by Gasteiger charge is -2.37. The van der Waals surface area contributed by atoms with E-state index in [9.17, 15) is 0 Å². The second-order valence-electron chi connectivity index (χ2n) is 4.69. The van der Waals surface area contributed by atoms with Crippen molar-refractivity contribution in [2.75, 3.05) is 13.2 Å². The zero-order valence-electron chi connectivity index (χ0n) is 9.32. The molecule has 0 radical (unpaired) electrons. The molecule has 3 fully saturated rings. The Bertz CT molecular complexity index is 407. The van der Waals surface area contributed by atoms with Crippen LogP contribution in [0.1, 0.15) is 11.9 Å². The topological polar surface area (TPSA) is 40.2 Å². The van der Waals surface area contributed by atoms with Gasteiger partial charge in [0.25, 0.3) is 0 Å². The Balaban J connectivity index is 1.53. The van der Waals surface area contributed by atoms with Crippen molar-refractivity contribution in [1.29, 1.82) is 0 Å². The molecule has 0 spiro atoms. The van der Waals surface area contributed by atoms with Crippen LogP contribution in [-0.4, -0.2) is 37.6 Å². The summed E-state index contributed by atoms with van der Waals surface area (Å²) in [5.41, 5.74) is 1.05. The minimum Gasteiger partial charge on any atom is -0.370 e. The smallest absolute Gasteiger partial charge is 0.184 e. The van der Waals surface area contributed by atoms with Crippen molar-refractivity contribution >= 4 is 0 Å². The van der Waals surface area contributed by atoms with Crippen molar-refractivity contribution in [1.82, 2.24) is 0 Å². The van der Waals surface area contributed by atoms with Crippen molar-refractivity contribution in [3.05, 3.63) is 35.9 Å². The second kappa shape index (κ2) is 3.78. The number of rotatable bonds is 1. The summed E-state index contributed by atoms with van der Waals surface area (Å²) in [7, 11) is 0. The van der Waals surface area contributed by atoms with Crippen molar-refractivity contribution in [2.24, 2.45) is 0 Å². The zero-order chi connectivity index (χ0) is 11.2. The predicted octanol–water partition coefficient (Wildman–Crippen LogP) is 1.27. The Hall–Kier alpha value is -0.940. The SMILES string of the molecule is c1ccc(C2OC[C@H]3OCC4OC4[C@@H]3O2)cc1. The third-order valence-corrected chi connectivity index (χ3v) is 3.55. The molecule has 0 saturated carbocycles. The highest BCUT2D eigenvalue weighted by Gasteiger charge is 2.55. The Morgan fingerprint density at radius 3 is 2.47 bits per heavy atom. The molecule has 0 N–H and O–H groups in total. The molecular weight excluding hydrogens is 220 g/mol. The Morgan fingerprint density at radius 1 is 0.824 bits per heavy atom. The van der Waals surface area contributed by atoms with Gasteiger partial charge in [-0.1, -0.05) is 30.3 Å². The second-order valence-corrected chi connectivity index (χ2v) is 4.69. The summed E-state index contributed by atoms with van der Waals surface area (Å²) in [5.74, 6) is 0. The lowest BCUT2D eigenvalue weighted by atomic mass is 10.0. The van der Waals surface area contributed by atoms with E-state index in [0.29, 0.717) is 13.2 Å². The summed E-state index contributed by atoms with van der Waals surface area (Å²) >= 11 is 0. The van der Waals surface area contributed by atoms with Gasteiger partial charge in [-0.3, -0.25) is 0 Å². The Morgan fingerprint density at radius 2 is 1.59 bits per heavy atom. The van der Waals surface area contributed by atoms with E-state index in [4.69, 9.17) is 18.9 Å². The fourth-order valence-electron chi connectivity index (χ4n) is 2.56. The maximum atomic E-state index is 5.96. The van der Waals surface area contributed by atoms with Crippen molar-refractivity contribution in [3.8, 4) is 0 Å². The lowest BCUT2D eigenvalue weighted by Crippen LogP contribution is -2.49. The molecule has 4 heteroatoms. The molecule has 0 amide bonds. The summed E-state index contributed by atoms with van der Waals surface area (Å²) in [4.78, 5) is 0. The summed E-state index contributed by atoms with van der Waals surface area (Å²) in [6, 6.07) is 9.99. The summed E-state index contributed by atoms with van der Waals surface area (Å²) in [6.45, 7) is 1.26. The fourth-order valence-corrected chi connectivity index (χ4v) is 2.56. The van der Waals surface area contributed by atoms with E-state index in [2.05, 4.69) is 0 Å². The normalized spacial score (nSPS) is 43.6. The predicted molar refractivity (Wildman–Crippen MR) is 58.4 cm³/mol. The quantitative estimate of drug-likeness (QED) is 0.686. The van der Waals surface area contributed by atoms with E-state index in [1.165, 1.54) is 0 Å². The molecule has 1 aromatic rings. The first-order valence-corrected chi connectivity index (χ1v) is 6.01. The van der Waals surface area contributed by atoms with Gasteiger partial charge in [0.15, 0.2) is 6.29 Å². The van der Waals surface area contributed by atoms with Crippen LogP contribution in [0.4, 0.5) is 0 Å². The van der Waals surface area contributed by atoms with Crippen LogP contribution < -0.4 is 0 Å². The van der Waals surface area contributed by atoms with E-state index < -0.39 is 0 Å². The van der Waals surface area contributed by atoms with E-state index in [1.807, 2.05) is 30.3 Å². The maximum Gasteiger partial charge on any atom is 0.184 e. The van der Waals surface area contributed by atoms with Crippen molar-refractivity contribution in [3.63, 3.8) is 0 Å². The molecule has 0 aromatic heterocycles. The molecule has 1 aromatic carbocycles. The van der Waals surface area contributed by atoms with Gasteiger partial charge in [-0.15, -0.1) is 0 Å². The van der Waals surface area contributed by atoms with Crippen LogP contribution in [0, 0.1) is 0 Å². The van der Waals surface area contributed by atoms with Gasteiger partial charge in [0.1, 0.15) is 24.4 Å².